The Bertz CT molecular complexity index is 753. The molecule has 1 aromatic heterocycles. The Morgan fingerprint density at radius 3 is 2.92 bits per heavy atom. The average molecular weight is 344 g/mol. The minimum Gasteiger partial charge on any atom is -0.381 e. The highest BCUT2D eigenvalue weighted by Crippen LogP contribution is 2.26. The van der Waals surface area contributed by atoms with E-state index in [4.69, 9.17) is 4.74 Å². The van der Waals surface area contributed by atoms with Crippen LogP contribution in [0.5, 0.6) is 0 Å². The molecular weight excluding hydrogens is 324 g/mol. The lowest BCUT2D eigenvalue weighted by Gasteiger charge is -2.20. The van der Waals surface area contributed by atoms with E-state index in [0.717, 1.165) is 37.3 Å². The summed E-state index contributed by atoms with van der Waals surface area (Å²) in [5.41, 5.74) is 1.80. The summed E-state index contributed by atoms with van der Waals surface area (Å²) in [4.78, 5) is 22.4. The van der Waals surface area contributed by atoms with E-state index < -0.39 is 4.92 Å². The molecule has 2 heterocycles. The van der Waals surface area contributed by atoms with Crippen LogP contribution in [0.4, 0.5) is 11.5 Å². The first-order chi connectivity index (χ1) is 12.1. The molecule has 2 N–H and O–H groups in total. The van der Waals surface area contributed by atoms with Gasteiger partial charge in [-0.3, -0.25) is 20.0 Å². The highest BCUT2D eigenvalue weighted by atomic mass is 16.6. The van der Waals surface area contributed by atoms with Gasteiger partial charge in [0.25, 0.3) is 5.69 Å². The molecule has 1 aliphatic heterocycles. The van der Waals surface area contributed by atoms with Crippen LogP contribution in [0.1, 0.15) is 36.4 Å². The number of nitrogens with one attached hydrogen (secondary N) is 2. The van der Waals surface area contributed by atoms with Crippen LogP contribution in [0.3, 0.4) is 0 Å². The van der Waals surface area contributed by atoms with Gasteiger partial charge in [0.15, 0.2) is 5.82 Å². The monoisotopic (exact) mass is 344 g/mol. The van der Waals surface area contributed by atoms with Crippen molar-refractivity contribution in [2.75, 3.05) is 18.5 Å². The molecule has 1 saturated heterocycles. The minimum absolute atomic E-state index is 0.0336. The molecule has 1 amide bonds. The predicted octanol–water partition coefficient (Wildman–Crippen LogP) is 2.78. The largest absolute Gasteiger partial charge is 0.381 e. The highest BCUT2D eigenvalue weighted by molar-refractivity contribution is 5.89. The molecule has 0 spiro atoms. The van der Waals surface area contributed by atoms with Crippen LogP contribution >= 0.6 is 0 Å². The first kappa shape index (κ1) is 17.1. The van der Waals surface area contributed by atoms with Gasteiger partial charge in [0.2, 0.25) is 5.91 Å². The zero-order valence-electron chi connectivity index (χ0n) is 13.7. The summed E-state index contributed by atoms with van der Waals surface area (Å²) < 4.78 is 5.34. The normalized spacial score (nSPS) is 15.0. The standard InChI is InChI=1S/C17H20N4O4/c22-17(5-4-12-2-1-3-14(10-12)21(23)24)18-16-11-15(19-20-16)13-6-8-25-9-7-13/h1-3,10-11,13H,4-9H2,(H2,18,19,20,22). The Kier molecular flexibility index (Phi) is 5.39. The fourth-order valence-electron chi connectivity index (χ4n) is 2.91. The number of non-ortho nitro benzene ring substituents is 1. The summed E-state index contributed by atoms with van der Waals surface area (Å²) >= 11 is 0. The van der Waals surface area contributed by atoms with Crippen LogP contribution in [-0.2, 0) is 16.0 Å². The summed E-state index contributed by atoms with van der Waals surface area (Å²) in [5, 5.41) is 20.7. The maximum Gasteiger partial charge on any atom is 0.269 e. The van der Waals surface area contributed by atoms with Gasteiger partial charge in [-0.25, -0.2) is 0 Å². The molecule has 0 atom stereocenters. The molecule has 25 heavy (non-hydrogen) atoms. The van der Waals surface area contributed by atoms with E-state index >= 15 is 0 Å². The van der Waals surface area contributed by atoms with Gasteiger partial charge < -0.3 is 10.1 Å². The summed E-state index contributed by atoms with van der Waals surface area (Å²) in [5.74, 6) is 0.721. The molecule has 3 rings (SSSR count). The number of nitro groups is 1. The van der Waals surface area contributed by atoms with Crippen molar-refractivity contribution in [3.8, 4) is 0 Å². The smallest absolute Gasteiger partial charge is 0.269 e. The molecule has 0 unspecified atom stereocenters. The number of hydrogen-bond acceptors (Lipinski definition) is 5. The number of benzene rings is 1. The number of nitro benzene ring substituents is 1. The number of aromatic amines is 1. The summed E-state index contributed by atoms with van der Waals surface area (Å²) in [6, 6.07) is 8.19. The molecule has 1 aliphatic rings. The summed E-state index contributed by atoms with van der Waals surface area (Å²) in [7, 11) is 0. The van der Waals surface area contributed by atoms with Gasteiger partial charge in [0.1, 0.15) is 0 Å². The molecule has 8 nitrogen and oxygen atoms in total. The van der Waals surface area contributed by atoms with Crippen LogP contribution in [0, 0.1) is 10.1 Å². The number of carbonyl (C=O) groups excluding carboxylic acids is 1. The van der Waals surface area contributed by atoms with E-state index in [-0.39, 0.29) is 18.0 Å². The number of amides is 1. The van der Waals surface area contributed by atoms with Crippen LogP contribution in [-0.4, -0.2) is 34.2 Å². The number of hydrogen-bond donors (Lipinski definition) is 2. The lowest BCUT2D eigenvalue weighted by molar-refractivity contribution is -0.384. The molecule has 1 aromatic carbocycles. The quantitative estimate of drug-likeness (QED) is 0.618. The van der Waals surface area contributed by atoms with Crippen LogP contribution in [0.15, 0.2) is 30.3 Å². The topological polar surface area (TPSA) is 110 Å². The Morgan fingerprint density at radius 1 is 1.36 bits per heavy atom. The van der Waals surface area contributed by atoms with Crippen molar-refractivity contribution in [2.24, 2.45) is 0 Å². The molecular formula is C17H20N4O4. The number of carbonyl (C=O) groups is 1. The Hall–Kier alpha value is -2.74. The number of aromatic nitrogens is 2. The van der Waals surface area contributed by atoms with Gasteiger partial charge in [-0.15, -0.1) is 0 Å². The number of H-pyrrole nitrogens is 1. The number of rotatable bonds is 6. The maximum atomic E-state index is 12.1. The zero-order chi connectivity index (χ0) is 17.6. The maximum absolute atomic E-state index is 12.1. The Morgan fingerprint density at radius 2 is 2.16 bits per heavy atom. The van der Waals surface area contributed by atoms with Gasteiger partial charge in [-0.2, -0.15) is 5.10 Å². The molecule has 0 bridgehead atoms. The lowest BCUT2D eigenvalue weighted by Crippen LogP contribution is -2.14. The SMILES string of the molecule is O=C(CCc1cccc([N+](=O)[O-])c1)Nc1cc(C2CCOCC2)[nH]n1. The van der Waals surface area contributed by atoms with Crippen LogP contribution in [0.2, 0.25) is 0 Å². The third-order valence-electron chi connectivity index (χ3n) is 4.29. The van der Waals surface area contributed by atoms with Crippen molar-refractivity contribution < 1.29 is 14.5 Å². The first-order valence-corrected chi connectivity index (χ1v) is 8.28. The number of nitrogens with zero attached hydrogens (tertiary/aromatic N) is 2. The zero-order valence-corrected chi connectivity index (χ0v) is 13.7. The molecule has 8 heteroatoms. The number of ether oxygens (including phenoxy) is 1. The molecule has 132 valence electrons. The lowest BCUT2D eigenvalue weighted by atomic mass is 9.97. The van der Waals surface area contributed by atoms with Crippen molar-refractivity contribution in [1.29, 1.82) is 0 Å². The van der Waals surface area contributed by atoms with Crippen molar-refractivity contribution in [2.45, 2.75) is 31.6 Å². The molecule has 2 aromatic rings. The van der Waals surface area contributed by atoms with E-state index in [2.05, 4.69) is 15.5 Å². The Balaban J connectivity index is 1.52. The molecule has 0 radical (unpaired) electrons. The van der Waals surface area contributed by atoms with Crippen LogP contribution < -0.4 is 5.32 Å². The summed E-state index contributed by atoms with van der Waals surface area (Å²) in [6.45, 7) is 1.49. The van der Waals surface area contributed by atoms with E-state index in [1.165, 1.54) is 12.1 Å². The Labute approximate surface area is 144 Å². The van der Waals surface area contributed by atoms with Crippen molar-refractivity contribution in [3.05, 3.63) is 51.7 Å². The third-order valence-corrected chi connectivity index (χ3v) is 4.29. The third kappa shape index (κ3) is 4.63. The second-order valence-electron chi connectivity index (χ2n) is 6.07. The van der Waals surface area contributed by atoms with Crippen LogP contribution in [0.25, 0.3) is 0 Å². The van der Waals surface area contributed by atoms with E-state index in [0.29, 0.717) is 18.2 Å². The van der Waals surface area contributed by atoms with E-state index in [1.807, 2.05) is 6.07 Å². The van der Waals surface area contributed by atoms with Gasteiger partial charge >= 0.3 is 0 Å². The summed E-state index contributed by atoms with van der Waals surface area (Å²) in [6.07, 6.45) is 2.57. The second-order valence-corrected chi connectivity index (χ2v) is 6.07. The van der Waals surface area contributed by atoms with E-state index in [1.54, 1.807) is 12.1 Å². The fourth-order valence-corrected chi connectivity index (χ4v) is 2.91. The molecule has 1 fully saturated rings. The molecule has 0 saturated carbocycles. The highest BCUT2D eigenvalue weighted by Gasteiger charge is 2.18. The van der Waals surface area contributed by atoms with Gasteiger partial charge in [-0.1, -0.05) is 12.1 Å². The minimum atomic E-state index is -0.439. The van der Waals surface area contributed by atoms with Gasteiger partial charge in [-0.05, 0) is 24.8 Å². The van der Waals surface area contributed by atoms with Gasteiger partial charge in [0.05, 0.1) is 4.92 Å². The van der Waals surface area contributed by atoms with Gasteiger partial charge in [0, 0.05) is 49.4 Å². The predicted molar refractivity (Wildman–Crippen MR) is 91.4 cm³/mol. The average Bonchev–Trinajstić information content (AvgIpc) is 3.09. The first-order valence-electron chi connectivity index (χ1n) is 8.28. The van der Waals surface area contributed by atoms with Crippen molar-refractivity contribution in [1.82, 2.24) is 10.2 Å². The second kappa shape index (κ2) is 7.89. The van der Waals surface area contributed by atoms with Crippen molar-refractivity contribution >= 4 is 17.4 Å². The van der Waals surface area contributed by atoms with Crippen molar-refractivity contribution in [3.63, 3.8) is 0 Å². The molecule has 0 aliphatic carbocycles. The number of aryl methyl sites for hydroxylation is 1. The number of anilines is 1. The fraction of sp³-hybridized carbons (Fsp3) is 0.412. The van der Waals surface area contributed by atoms with E-state index in [9.17, 15) is 14.9 Å².